The molecule has 1 saturated heterocycles. The summed E-state index contributed by atoms with van der Waals surface area (Å²) < 4.78 is 10.9. The van der Waals surface area contributed by atoms with E-state index >= 15 is 0 Å². The number of carbonyl (C=O) groups is 3. The van der Waals surface area contributed by atoms with Gasteiger partial charge >= 0.3 is 11.9 Å². The van der Waals surface area contributed by atoms with Crippen molar-refractivity contribution >= 4 is 23.5 Å². The Morgan fingerprint density at radius 3 is 2.51 bits per heavy atom. The van der Waals surface area contributed by atoms with Crippen molar-refractivity contribution in [2.24, 2.45) is 11.8 Å². The Hall–Kier alpha value is -3.19. The average molecular weight is 482 g/mol. The van der Waals surface area contributed by atoms with Crippen LogP contribution in [0, 0.1) is 18.8 Å². The van der Waals surface area contributed by atoms with Crippen LogP contribution in [-0.2, 0) is 25.6 Å². The molecule has 1 amide bonds. The zero-order chi connectivity index (χ0) is 25.4. The summed E-state index contributed by atoms with van der Waals surface area (Å²) in [4.78, 5) is 38.5. The number of amides is 1. The topological polar surface area (TPSA) is 81.7 Å². The van der Waals surface area contributed by atoms with Gasteiger partial charge in [-0.2, -0.15) is 0 Å². The molecule has 0 spiro atoms. The largest absolute Gasteiger partial charge is 0.465 e. The number of esters is 2. The van der Waals surface area contributed by atoms with E-state index in [2.05, 4.69) is 17.4 Å². The zero-order valence-electron chi connectivity index (χ0n) is 21.2. The molecule has 188 valence electrons. The third kappa shape index (κ3) is 7.15. The van der Waals surface area contributed by atoms with Gasteiger partial charge in [0.15, 0.2) is 6.54 Å². The second-order valence-corrected chi connectivity index (χ2v) is 9.95. The van der Waals surface area contributed by atoms with Crippen LogP contribution in [0.25, 0.3) is 0 Å². The Morgan fingerprint density at radius 1 is 1.09 bits per heavy atom. The number of piperidine rings is 1. The zero-order valence-corrected chi connectivity index (χ0v) is 21.2. The maximum absolute atomic E-state index is 13.4. The molecule has 1 aliphatic rings. The van der Waals surface area contributed by atoms with Gasteiger partial charge in [-0.05, 0) is 37.3 Å². The number of methoxy groups -OCH3 is 1. The first-order valence-electron chi connectivity index (χ1n) is 12.3. The fraction of sp³-hybridized carbons (Fsp3) is 0.464. The van der Waals surface area contributed by atoms with Gasteiger partial charge < -0.3 is 19.3 Å². The molecule has 3 rings (SSSR count). The third-order valence-corrected chi connectivity index (χ3v) is 6.47. The van der Waals surface area contributed by atoms with Gasteiger partial charge in [-0.1, -0.05) is 56.3 Å². The Labute approximate surface area is 208 Å². The maximum atomic E-state index is 13.4. The number of likely N-dealkylation sites (tertiary alicyclic amines) is 1. The van der Waals surface area contributed by atoms with E-state index in [1.54, 1.807) is 12.1 Å². The highest BCUT2D eigenvalue weighted by Crippen LogP contribution is 2.29. The van der Waals surface area contributed by atoms with Crippen LogP contribution >= 0.6 is 0 Å². The lowest BCUT2D eigenvalue weighted by atomic mass is 9.94. The SMILES string of the molecule is COC(=O)c1cccc(C)c1NC(=O)C[N+]1(Cc2ccccc2)CCCC(C(=O)OCC(C)C)C1. The first-order chi connectivity index (χ1) is 16.7. The van der Waals surface area contributed by atoms with Crippen molar-refractivity contribution in [3.8, 4) is 0 Å². The van der Waals surface area contributed by atoms with E-state index in [1.807, 2.05) is 45.0 Å². The molecule has 35 heavy (non-hydrogen) atoms. The normalized spacial score (nSPS) is 19.7. The Kier molecular flexibility index (Phi) is 9.04. The molecule has 1 fully saturated rings. The van der Waals surface area contributed by atoms with Crippen molar-refractivity contribution in [3.63, 3.8) is 0 Å². The van der Waals surface area contributed by atoms with Gasteiger partial charge in [-0.15, -0.1) is 0 Å². The minimum absolute atomic E-state index is 0.179. The molecule has 2 atom stereocenters. The van der Waals surface area contributed by atoms with E-state index in [-0.39, 0.29) is 30.3 Å². The van der Waals surface area contributed by atoms with E-state index in [4.69, 9.17) is 9.47 Å². The monoisotopic (exact) mass is 481 g/mol. The summed E-state index contributed by atoms with van der Waals surface area (Å²) >= 11 is 0. The van der Waals surface area contributed by atoms with Crippen LogP contribution in [0.15, 0.2) is 48.5 Å². The number of carbonyl (C=O) groups excluding carboxylic acids is 3. The highest BCUT2D eigenvalue weighted by molar-refractivity contribution is 6.02. The number of aryl methyl sites for hydroxylation is 1. The standard InChI is InChI=1S/C28H36N2O5/c1-20(2)19-35-27(32)23-13-9-15-30(17-23,16-22-11-6-5-7-12-22)18-25(31)29-26-21(3)10-8-14-24(26)28(33)34-4/h5-8,10-12,14,20,23H,9,13,15-19H2,1-4H3/p+1. The minimum Gasteiger partial charge on any atom is -0.465 e. The molecule has 2 aromatic carbocycles. The fourth-order valence-electron chi connectivity index (χ4n) is 4.79. The molecular formula is C28H37N2O5+. The highest BCUT2D eigenvalue weighted by atomic mass is 16.5. The molecule has 1 N–H and O–H groups in total. The second kappa shape index (κ2) is 12.0. The number of rotatable bonds is 9. The van der Waals surface area contributed by atoms with Crippen LogP contribution in [0.4, 0.5) is 5.69 Å². The second-order valence-electron chi connectivity index (χ2n) is 9.95. The third-order valence-electron chi connectivity index (χ3n) is 6.47. The van der Waals surface area contributed by atoms with Gasteiger partial charge in [-0.3, -0.25) is 9.59 Å². The smallest absolute Gasteiger partial charge is 0.339 e. The van der Waals surface area contributed by atoms with Crippen LogP contribution < -0.4 is 5.32 Å². The minimum atomic E-state index is -0.497. The summed E-state index contributed by atoms with van der Waals surface area (Å²) in [5, 5.41) is 2.96. The number of ether oxygens (including phenoxy) is 2. The van der Waals surface area contributed by atoms with Gasteiger partial charge in [-0.25, -0.2) is 4.79 Å². The number of anilines is 1. The molecule has 0 aliphatic carbocycles. The predicted octanol–water partition coefficient (Wildman–Crippen LogP) is 4.35. The molecule has 0 aromatic heterocycles. The molecule has 0 bridgehead atoms. The lowest BCUT2D eigenvalue weighted by Gasteiger charge is -2.43. The number of benzene rings is 2. The molecule has 7 heteroatoms. The van der Waals surface area contributed by atoms with Crippen molar-refractivity contribution < 1.29 is 28.3 Å². The number of hydrogen-bond donors (Lipinski definition) is 1. The summed E-state index contributed by atoms with van der Waals surface area (Å²) in [7, 11) is 1.32. The van der Waals surface area contributed by atoms with Gasteiger partial charge in [0.05, 0.1) is 38.1 Å². The Morgan fingerprint density at radius 2 is 1.83 bits per heavy atom. The summed E-state index contributed by atoms with van der Waals surface area (Å²) in [6.45, 7) is 8.43. The summed E-state index contributed by atoms with van der Waals surface area (Å²) in [6, 6.07) is 15.3. The molecule has 1 aliphatic heterocycles. The molecule has 7 nitrogen and oxygen atoms in total. The van der Waals surface area contributed by atoms with E-state index in [0.717, 1.165) is 30.5 Å². The molecule has 0 radical (unpaired) electrons. The van der Waals surface area contributed by atoms with Crippen LogP contribution in [0.5, 0.6) is 0 Å². The van der Waals surface area contributed by atoms with E-state index < -0.39 is 5.97 Å². The molecule has 1 heterocycles. The van der Waals surface area contributed by atoms with Gasteiger partial charge in [0.2, 0.25) is 0 Å². The van der Waals surface area contributed by atoms with Crippen molar-refractivity contribution in [1.82, 2.24) is 0 Å². The van der Waals surface area contributed by atoms with Crippen molar-refractivity contribution in [1.29, 1.82) is 0 Å². The summed E-state index contributed by atoms with van der Waals surface area (Å²) in [5.41, 5.74) is 2.68. The number of nitrogens with zero attached hydrogens (tertiary/aromatic N) is 1. The number of hydrogen-bond acceptors (Lipinski definition) is 5. The Bertz CT molecular complexity index is 1040. The molecule has 2 aromatic rings. The van der Waals surface area contributed by atoms with Crippen LogP contribution in [-0.4, -0.2) is 55.7 Å². The fourth-order valence-corrected chi connectivity index (χ4v) is 4.79. The average Bonchev–Trinajstić information content (AvgIpc) is 2.83. The van der Waals surface area contributed by atoms with Crippen molar-refractivity contribution in [2.75, 3.05) is 38.7 Å². The molecule has 2 unspecified atom stereocenters. The van der Waals surface area contributed by atoms with Crippen LogP contribution in [0.3, 0.4) is 0 Å². The first kappa shape index (κ1) is 26.4. The van der Waals surface area contributed by atoms with Crippen LogP contribution in [0.2, 0.25) is 0 Å². The highest BCUT2D eigenvalue weighted by Gasteiger charge is 2.40. The summed E-state index contributed by atoms with van der Waals surface area (Å²) in [5.74, 6) is -0.848. The molecular weight excluding hydrogens is 444 g/mol. The lowest BCUT2D eigenvalue weighted by Crippen LogP contribution is -2.58. The number of quaternary nitrogens is 1. The van der Waals surface area contributed by atoms with Crippen molar-refractivity contribution in [2.45, 2.75) is 40.2 Å². The van der Waals surface area contributed by atoms with Crippen molar-refractivity contribution in [3.05, 3.63) is 65.2 Å². The summed E-state index contributed by atoms with van der Waals surface area (Å²) in [6.07, 6.45) is 1.59. The predicted molar refractivity (Wildman–Crippen MR) is 135 cm³/mol. The van der Waals surface area contributed by atoms with E-state index in [9.17, 15) is 14.4 Å². The lowest BCUT2D eigenvalue weighted by molar-refractivity contribution is -0.940. The first-order valence-corrected chi connectivity index (χ1v) is 12.3. The number of nitrogens with one attached hydrogen (secondary N) is 1. The van der Waals surface area contributed by atoms with Gasteiger partial charge in [0, 0.05) is 5.56 Å². The van der Waals surface area contributed by atoms with Crippen LogP contribution in [0.1, 0.15) is 48.2 Å². The van der Waals surface area contributed by atoms with Gasteiger partial charge in [0.1, 0.15) is 12.5 Å². The van der Waals surface area contributed by atoms with E-state index in [1.165, 1.54) is 7.11 Å². The quantitative estimate of drug-likeness (QED) is 0.425. The van der Waals surface area contributed by atoms with Gasteiger partial charge in [0.25, 0.3) is 5.91 Å². The molecule has 0 saturated carbocycles. The Balaban J connectivity index is 1.83. The number of para-hydroxylation sites is 1. The van der Waals surface area contributed by atoms with E-state index in [0.29, 0.717) is 35.4 Å². The maximum Gasteiger partial charge on any atom is 0.339 e.